The van der Waals surface area contributed by atoms with Gasteiger partial charge in [-0.2, -0.15) is 18.3 Å². The summed E-state index contributed by atoms with van der Waals surface area (Å²) in [6.07, 6.45) is -2.29. The molecule has 0 fully saturated rings. The number of aromatic nitrogens is 2. The van der Waals surface area contributed by atoms with Crippen LogP contribution >= 0.6 is 0 Å². The monoisotopic (exact) mass is 295 g/mol. The Morgan fingerprint density at radius 2 is 2.05 bits per heavy atom. The predicted octanol–water partition coefficient (Wildman–Crippen LogP) is 3.35. The van der Waals surface area contributed by atoms with Crippen molar-refractivity contribution in [3.05, 3.63) is 53.3 Å². The van der Waals surface area contributed by atoms with E-state index < -0.39 is 11.9 Å². The Morgan fingerprint density at radius 3 is 2.71 bits per heavy atom. The zero-order chi connectivity index (χ0) is 15.0. The molecule has 3 rings (SSSR count). The first-order chi connectivity index (χ1) is 10.0. The van der Waals surface area contributed by atoms with E-state index in [1.54, 1.807) is 0 Å². The summed E-state index contributed by atoms with van der Waals surface area (Å²) in [5.74, 6) is 0. The van der Waals surface area contributed by atoms with Gasteiger partial charge in [-0.05, 0) is 30.2 Å². The largest absolute Gasteiger partial charge is 0.435 e. The van der Waals surface area contributed by atoms with Crippen molar-refractivity contribution in [2.24, 2.45) is 0 Å². The van der Waals surface area contributed by atoms with Crippen LogP contribution in [0.5, 0.6) is 0 Å². The van der Waals surface area contributed by atoms with Gasteiger partial charge in [0.05, 0.1) is 12.1 Å². The van der Waals surface area contributed by atoms with Crippen LogP contribution in [0.4, 0.5) is 13.2 Å². The molecular formula is C15H16F3N3. The molecule has 0 saturated heterocycles. The molecule has 21 heavy (non-hydrogen) atoms. The van der Waals surface area contributed by atoms with Crippen LogP contribution in [0.1, 0.15) is 35.8 Å². The van der Waals surface area contributed by atoms with Gasteiger partial charge in [-0.25, -0.2) is 0 Å². The number of likely N-dealkylation sites (N-methyl/N-ethyl adjacent to an activating group) is 1. The van der Waals surface area contributed by atoms with E-state index in [1.165, 1.54) is 10.9 Å². The van der Waals surface area contributed by atoms with Crippen LogP contribution in [0.25, 0.3) is 0 Å². The second-order valence-electron chi connectivity index (χ2n) is 5.18. The maximum atomic E-state index is 12.7. The van der Waals surface area contributed by atoms with Gasteiger partial charge in [0.15, 0.2) is 5.69 Å². The van der Waals surface area contributed by atoms with E-state index in [0.29, 0.717) is 6.42 Å². The van der Waals surface area contributed by atoms with Crippen LogP contribution in [0, 0.1) is 0 Å². The number of halogens is 3. The van der Waals surface area contributed by atoms with Gasteiger partial charge in [0, 0.05) is 6.20 Å². The van der Waals surface area contributed by atoms with Gasteiger partial charge in [-0.1, -0.05) is 31.2 Å². The zero-order valence-corrected chi connectivity index (χ0v) is 11.6. The molecule has 0 radical (unpaired) electrons. The lowest BCUT2D eigenvalue weighted by atomic mass is 10.1. The van der Waals surface area contributed by atoms with Crippen molar-refractivity contribution >= 4 is 0 Å². The Kier molecular flexibility index (Phi) is 3.49. The number of alkyl halides is 3. The van der Waals surface area contributed by atoms with Gasteiger partial charge in [-0.3, -0.25) is 4.68 Å². The molecule has 1 aliphatic carbocycles. The summed E-state index contributed by atoms with van der Waals surface area (Å²) in [6, 6.07) is 8.85. The lowest BCUT2D eigenvalue weighted by Gasteiger charge is -2.21. The van der Waals surface area contributed by atoms with Crippen molar-refractivity contribution in [3.63, 3.8) is 0 Å². The second kappa shape index (κ2) is 5.18. The highest BCUT2D eigenvalue weighted by molar-refractivity contribution is 5.36. The standard InChI is InChI=1S/C15H16F3N3/c1-2-19-14-11-6-4-3-5-10(11)9-12(14)21-8-7-13(20-21)15(16,17)18/h3-8,12,14,19H,2,9H2,1H3. The first-order valence-corrected chi connectivity index (χ1v) is 6.94. The molecule has 1 aliphatic rings. The molecule has 1 heterocycles. The lowest BCUT2D eigenvalue weighted by Crippen LogP contribution is -2.27. The zero-order valence-electron chi connectivity index (χ0n) is 11.6. The molecule has 0 amide bonds. The molecule has 3 nitrogen and oxygen atoms in total. The summed E-state index contributed by atoms with van der Waals surface area (Å²) in [7, 11) is 0. The highest BCUT2D eigenvalue weighted by atomic mass is 19.4. The molecule has 1 aromatic heterocycles. The Bertz CT molecular complexity index is 633. The molecule has 1 N–H and O–H groups in total. The van der Waals surface area contributed by atoms with Gasteiger partial charge >= 0.3 is 6.18 Å². The molecule has 1 aromatic carbocycles. The van der Waals surface area contributed by atoms with Crippen molar-refractivity contribution in [2.45, 2.75) is 31.6 Å². The molecular weight excluding hydrogens is 279 g/mol. The van der Waals surface area contributed by atoms with Crippen LogP contribution in [0.15, 0.2) is 36.5 Å². The molecule has 6 heteroatoms. The Balaban J connectivity index is 1.94. The molecule has 0 spiro atoms. The SMILES string of the molecule is CCNC1c2ccccc2CC1n1ccc(C(F)(F)F)n1. The fraction of sp³-hybridized carbons (Fsp3) is 0.400. The summed E-state index contributed by atoms with van der Waals surface area (Å²) in [5, 5.41) is 7.09. The average Bonchev–Trinajstić information content (AvgIpc) is 3.03. The minimum Gasteiger partial charge on any atom is -0.308 e. The van der Waals surface area contributed by atoms with Crippen molar-refractivity contribution in [3.8, 4) is 0 Å². The molecule has 2 aromatic rings. The van der Waals surface area contributed by atoms with E-state index in [1.807, 2.05) is 31.2 Å². The minimum absolute atomic E-state index is 0.00724. The second-order valence-corrected chi connectivity index (χ2v) is 5.18. The average molecular weight is 295 g/mol. The van der Waals surface area contributed by atoms with Crippen molar-refractivity contribution < 1.29 is 13.2 Å². The van der Waals surface area contributed by atoms with E-state index in [2.05, 4.69) is 10.4 Å². The number of hydrogen-bond acceptors (Lipinski definition) is 2. The van der Waals surface area contributed by atoms with Crippen molar-refractivity contribution in [1.29, 1.82) is 0 Å². The van der Waals surface area contributed by atoms with E-state index in [0.717, 1.165) is 23.7 Å². The highest BCUT2D eigenvalue weighted by Gasteiger charge is 2.37. The number of nitrogens with one attached hydrogen (secondary N) is 1. The molecule has 0 bridgehead atoms. The summed E-state index contributed by atoms with van der Waals surface area (Å²) in [4.78, 5) is 0. The fourth-order valence-electron chi connectivity index (χ4n) is 2.96. The van der Waals surface area contributed by atoms with E-state index in [-0.39, 0.29) is 12.1 Å². The first kappa shape index (κ1) is 14.1. The summed E-state index contributed by atoms with van der Waals surface area (Å²) in [5.41, 5.74) is 1.47. The van der Waals surface area contributed by atoms with Crippen LogP contribution < -0.4 is 5.32 Å². The van der Waals surface area contributed by atoms with Crippen LogP contribution in [0.2, 0.25) is 0 Å². The van der Waals surface area contributed by atoms with Crippen LogP contribution in [-0.2, 0) is 12.6 Å². The minimum atomic E-state index is -4.40. The molecule has 2 unspecified atom stereocenters. The number of rotatable bonds is 3. The number of benzene rings is 1. The van der Waals surface area contributed by atoms with Gasteiger partial charge < -0.3 is 5.32 Å². The van der Waals surface area contributed by atoms with Crippen molar-refractivity contribution in [1.82, 2.24) is 15.1 Å². The predicted molar refractivity (Wildman–Crippen MR) is 72.8 cm³/mol. The Morgan fingerprint density at radius 1 is 1.29 bits per heavy atom. The van der Waals surface area contributed by atoms with Gasteiger partial charge in [0.1, 0.15) is 0 Å². The topological polar surface area (TPSA) is 29.9 Å². The smallest absolute Gasteiger partial charge is 0.308 e. The molecule has 0 aliphatic heterocycles. The fourth-order valence-corrected chi connectivity index (χ4v) is 2.96. The third-order valence-corrected chi connectivity index (χ3v) is 3.87. The molecule has 2 atom stereocenters. The van der Waals surface area contributed by atoms with E-state index >= 15 is 0 Å². The number of hydrogen-bond donors (Lipinski definition) is 1. The first-order valence-electron chi connectivity index (χ1n) is 6.94. The maximum Gasteiger partial charge on any atom is 0.435 e. The van der Waals surface area contributed by atoms with Crippen LogP contribution in [-0.4, -0.2) is 16.3 Å². The Labute approximate surface area is 120 Å². The quantitative estimate of drug-likeness (QED) is 0.941. The van der Waals surface area contributed by atoms with Gasteiger partial charge in [0.2, 0.25) is 0 Å². The summed E-state index contributed by atoms with van der Waals surface area (Å²) in [6.45, 7) is 2.74. The van der Waals surface area contributed by atoms with Gasteiger partial charge in [0.25, 0.3) is 0 Å². The third-order valence-electron chi connectivity index (χ3n) is 3.87. The van der Waals surface area contributed by atoms with E-state index in [9.17, 15) is 13.2 Å². The maximum absolute atomic E-state index is 12.7. The molecule has 0 saturated carbocycles. The number of nitrogens with zero attached hydrogens (tertiary/aromatic N) is 2. The summed E-state index contributed by atoms with van der Waals surface area (Å²) < 4.78 is 39.6. The Hall–Kier alpha value is -1.82. The highest BCUT2D eigenvalue weighted by Crippen LogP contribution is 2.39. The van der Waals surface area contributed by atoms with Crippen molar-refractivity contribution in [2.75, 3.05) is 6.54 Å². The van der Waals surface area contributed by atoms with Gasteiger partial charge in [-0.15, -0.1) is 0 Å². The van der Waals surface area contributed by atoms with E-state index in [4.69, 9.17) is 0 Å². The number of fused-ring (bicyclic) bond motifs is 1. The third kappa shape index (κ3) is 2.55. The molecule has 112 valence electrons. The van der Waals surface area contributed by atoms with Crippen LogP contribution in [0.3, 0.4) is 0 Å². The summed E-state index contributed by atoms with van der Waals surface area (Å²) >= 11 is 0. The normalized spacial score (nSPS) is 21.5. The lowest BCUT2D eigenvalue weighted by molar-refractivity contribution is -0.141.